The minimum atomic E-state index is -0.656. The molecule has 4 heterocycles. The highest BCUT2D eigenvalue weighted by Crippen LogP contribution is 2.23. The van der Waals surface area contributed by atoms with Crippen LogP contribution in [-0.4, -0.2) is 56.6 Å². The predicted molar refractivity (Wildman–Crippen MR) is 116 cm³/mol. The summed E-state index contributed by atoms with van der Waals surface area (Å²) >= 11 is 0. The molecule has 162 valence electrons. The third-order valence-electron chi connectivity index (χ3n) is 6.36. The number of fused-ring (bicyclic) bond motifs is 1. The zero-order valence-corrected chi connectivity index (χ0v) is 17.3. The molecule has 0 aliphatic carbocycles. The second-order valence-electron chi connectivity index (χ2n) is 8.30. The molecule has 0 spiro atoms. The van der Waals surface area contributed by atoms with E-state index >= 15 is 0 Å². The normalized spacial score (nSPS) is 18.5. The standard InChI is InChI=1S/C22H25FN6O2/c23-15-5-4-6-17(13-15)29-20(30)18-14-24-21(25-19(18)26-22(29)31)28-11-7-16(8-12-28)27-9-2-1-3-10-27/h4-6,13-14,16H,1-3,7-12H2,(H,24,25,26,31). The molecule has 0 amide bonds. The van der Waals surface area contributed by atoms with E-state index in [2.05, 4.69) is 24.8 Å². The van der Waals surface area contributed by atoms with Gasteiger partial charge in [-0.05, 0) is 57.0 Å². The molecule has 2 aliphatic heterocycles. The van der Waals surface area contributed by atoms with Crippen molar-refractivity contribution in [1.29, 1.82) is 0 Å². The van der Waals surface area contributed by atoms with Gasteiger partial charge in [0.15, 0.2) is 5.65 Å². The van der Waals surface area contributed by atoms with Crippen LogP contribution < -0.4 is 16.1 Å². The number of hydrogen-bond acceptors (Lipinski definition) is 6. The van der Waals surface area contributed by atoms with Crippen LogP contribution in [0.25, 0.3) is 16.7 Å². The lowest BCUT2D eigenvalue weighted by atomic mass is 10.0. The van der Waals surface area contributed by atoms with Crippen LogP contribution in [0.1, 0.15) is 32.1 Å². The van der Waals surface area contributed by atoms with Crippen LogP contribution >= 0.6 is 0 Å². The van der Waals surface area contributed by atoms with Crippen molar-refractivity contribution in [3.63, 3.8) is 0 Å². The summed E-state index contributed by atoms with van der Waals surface area (Å²) in [6, 6.07) is 5.97. The van der Waals surface area contributed by atoms with E-state index < -0.39 is 17.1 Å². The third-order valence-corrected chi connectivity index (χ3v) is 6.36. The Labute approximate surface area is 178 Å². The number of hydrogen-bond donors (Lipinski definition) is 1. The first kappa shape index (κ1) is 19.9. The minimum absolute atomic E-state index is 0.164. The largest absolute Gasteiger partial charge is 0.341 e. The summed E-state index contributed by atoms with van der Waals surface area (Å²) in [5.41, 5.74) is -0.862. The molecule has 2 aliphatic rings. The molecule has 2 aromatic heterocycles. The van der Waals surface area contributed by atoms with Gasteiger partial charge in [0.1, 0.15) is 11.2 Å². The molecule has 8 nitrogen and oxygen atoms in total. The molecule has 0 atom stereocenters. The molecule has 5 rings (SSSR count). The first-order valence-corrected chi connectivity index (χ1v) is 10.9. The molecule has 1 N–H and O–H groups in total. The first-order valence-electron chi connectivity index (χ1n) is 10.9. The van der Waals surface area contributed by atoms with E-state index in [4.69, 9.17) is 0 Å². The average Bonchev–Trinajstić information content (AvgIpc) is 2.79. The lowest BCUT2D eigenvalue weighted by Gasteiger charge is -2.40. The first-order chi connectivity index (χ1) is 15.1. The Morgan fingerprint density at radius 2 is 1.81 bits per heavy atom. The quantitative estimate of drug-likeness (QED) is 0.693. The maximum Gasteiger partial charge on any atom is 0.334 e. The van der Waals surface area contributed by atoms with Gasteiger partial charge in [0.2, 0.25) is 5.95 Å². The topological polar surface area (TPSA) is 87.1 Å². The summed E-state index contributed by atoms with van der Waals surface area (Å²) in [5.74, 6) is -0.00778. The molecule has 1 aromatic carbocycles. The van der Waals surface area contributed by atoms with Crippen molar-refractivity contribution in [3.05, 3.63) is 57.1 Å². The summed E-state index contributed by atoms with van der Waals surface area (Å²) in [5, 5.41) is 0.191. The fourth-order valence-corrected chi connectivity index (χ4v) is 4.71. The molecule has 0 saturated carbocycles. The number of aromatic amines is 1. The zero-order valence-electron chi connectivity index (χ0n) is 17.3. The summed E-state index contributed by atoms with van der Waals surface area (Å²) in [7, 11) is 0. The maximum absolute atomic E-state index is 13.6. The van der Waals surface area contributed by atoms with Gasteiger partial charge in [-0.2, -0.15) is 4.98 Å². The molecule has 0 unspecified atom stereocenters. The number of likely N-dealkylation sites (tertiary alicyclic amines) is 1. The van der Waals surface area contributed by atoms with Gasteiger partial charge in [-0.15, -0.1) is 0 Å². The molecule has 2 fully saturated rings. The monoisotopic (exact) mass is 424 g/mol. The molecular formula is C22H25FN6O2. The number of benzene rings is 1. The van der Waals surface area contributed by atoms with E-state index in [0.29, 0.717) is 12.0 Å². The Kier molecular flexibility index (Phi) is 5.27. The van der Waals surface area contributed by atoms with Crippen LogP contribution in [0.4, 0.5) is 10.3 Å². The number of nitrogens with one attached hydrogen (secondary N) is 1. The van der Waals surface area contributed by atoms with Crippen LogP contribution in [-0.2, 0) is 0 Å². The molecule has 31 heavy (non-hydrogen) atoms. The molecule has 9 heteroatoms. The Hall–Kier alpha value is -3.07. The zero-order chi connectivity index (χ0) is 21.4. The second kappa shape index (κ2) is 8.22. The van der Waals surface area contributed by atoms with Crippen LogP contribution in [0.3, 0.4) is 0 Å². The van der Waals surface area contributed by atoms with E-state index in [0.717, 1.165) is 36.6 Å². The highest BCUT2D eigenvalue weighted by atomic mass is 19.1. The molecule has 2 saturated heterocycles. The summed E-state index contributed by atoms with van der Waals surface area (Å²) in [4.78, 5) is 41.7. The van der Waals surface area contributed by atoms with Gasteiger partial charge in [0, 0.05) is 25.3 Å². The van der Waals surface area contributed by atoms with E-state index in [1.807, 2.05) is 0 Å². The summed E-state index contributed by atoms with van der Waals surface area (Å²) in [6.07, 6.45) is 7.46. The number of H-pyrrole nitrogens is 1. The van der Waals surface area contributed by atoms with Crippen molar-refractivity contribution in [2.24, 2.45) is 0 Å². The number of aromatic nitrogens is 4. The Bertz CT molecular complexity index is 1210. The van der Waals surface area contributed by atoms with Gasteiger partial charge in [0.05, 0.1) is 5.69 Å². The Morgan fingerprint density at radius 1 is 1.03 bits per heavy atom. The number of anilines is 1. The number of piperidine rings is 2. The van der Waals surface area contributed by atoms with Crippen LogP contribution in [0.15, 0.2) is 40.1 Å². The third kappa shape index (κ3) is 3.85. The molecular weight excluding hydrogens is 399 g/mol. The smallest absolute Gasteiger partial charge is 0.334 e. The molecule has 3 aromatic rings. The average molecular weight is 424 g/mol. The van der Waals surface area contributed by atoms with Crippen LogP contribution in [0, 0.1) is 5.82 Å². The SMILES string of the molecule is O=c1[nH]c2nc(N3CCC(N4CCCCC4)CC3)ncc2c(=O)n1-c1cccc(F)c1. The van der Waals surface area contributed by atoms with Crippen molar-refractivity contribution in [2.75, 3.05) is 31.1 Å². The fraction of sp³-hybridized carbons (Fsp3) is 0.455. The van der Waals surface area contributed by atoms with E-state index in [1.165, 1.54) is 56.7 Å². The van der Waals surface area contributed by atoms with Gasteiger partial charge < -0.3 is 9.80 Å². The molecule has 0 radical (unpaired) electrons. The minimum Gasteiger partial charge on any atom is -0.341 e. The van der Waals surface area contributed by atoms with E-state index in [-0.39, 0.29) is 16.7 Å². The van der Waals surface area contributed by atoms with E-state index in [9.17, 15) is 14.0 Å². The van der Waals surface area contributed by atoms with Gasteiger partial charge in [-0.1, -0.05) is 12.5 Å². The van der Waals surface area contributed by atoms with Crippen molar-refractivity contribution in [2.45, 2.75) is 38.1 Å². The van der Waals surface area contributed by atoms with Gasteiger partial charge >= 0.3 is 5.69 Å². The molecule has 0 bridgehead atoms. The number of halogens is 1. The van der Waals surface area contributed by atoms with Gasteiger partial charge in [-0.25, -0.2) is 18.7 Å². The van der Waals surface area contributed by atoms with Crippen molar-refractivity contribution >= 4 is 17.0 Å². The highest BCUT2D eigenvalue weighted by Gasteiger charge is 2.27. The van der Waals surface area contributed by atoms with E-state index in [1.54, 1.807) is 0 Å². The second-order valence-corrected chi connectivity index (χ2v) is 8.30. The van der Waals surface area contributed by atoms with Gasteiger partial charge in [-0.3, -0.25) is 9.78 Å². The van der Waals surface area contributed by atoms with Crippen LogP contribution in [0.2, 0.25) is 0 Å². The Morgan fingerprint density at radius 3 is 2.55 bits per heavy atom. The summed E-state index contributed by atoms with van der Waals surface area (Å²) in [6.45, 7) is 4.07. The summed E-state index contributed by atoms with van der Waals surface area (Å²) < 4.78 is 14.5. The van der Waals surface area contributed by atoms with Crippen molar-refractivity contribution < 1.29 is 4.39 Å². The van der Waals surface area contributed by atoms with Gasteiger partial charge in [0.25, 0.3) is 5.56 Å². The van der Waals surface area contributed by atoms with Crippen molar-refractivity contribution in [3.8, 4) is 5.69 Å². The number of nitrogens with zero attached hydrogens (tertiary/aromatic N) is 5. The fourth-order valence-electron chi connectivity index (χ4n) is 4.71. The highest BCUT2D eigenvalue weighted by molar-refractivity contribution is 5.73. The lowest BCUT2D eigenvalue weighted by Crippen LogP contribution is -2.47. The number of rotatable bonds is 3. The predicted octanol–water partition coefficient (Wildman–Crippen LogP) is 2.06. The lowest BCUT2D eigenvalue weighted by molar-refractivity contribution is 0.141. The van der Waals surface area contributed by atoms with Crippen molar-refractivity contribution in [1.82, 2.24) is 24.4 Å². The maximum atomic E-state index is 13.6. The van der Waals surface area contributed by atoms with Crippen LogP contribution in [0.5, 0.6) is 0 Å². The Balaban J connectivity index is 1.40.